The number of anilines is 2. The second-order valence-electron chi connectivity index (χ2n) is 5.89. The summed E-state index contributed by atoms with van der Waals surface area (Å²) in [5.74, 6) is -0.779. The minimum absolute atomic E-state index is 0.156. The van der Waals surface area contributed by atoms with Crippen LogP contribution in [0.4, 0.5) is 10.8 Å². The number of hydrogen-bond donors (Lipinski definition) is 2. The van der Waals surface area contributed by atoms with Crippen LogP contribution in [0.25, 0.3) is 10.7 Å². The molecule has 140 valence electrons. The lowest BCUT2D eigenvalue weighted by Gasteiger charge is -2.27. The van der Waals surface area contributed by atoms with E-state index in [-0.39, 0.29) is 30.6 Å². The maximum absolute atomic E-state index is 12.4. The molecule has 0 saturated carbocycles. The number of benzene rings is 1. The number of rotatable bonds is 4. The summed E-state index contributed by atoms with van der Waals surface area (Å²) in [6.07, 6.45) is 1.99. The molecule has 1 aromatic carbocycles. The summed E-state index contributed by atoms with van der Waals surface area (Å²) in [6.45, 7) is 0. The molecule has 0 bridgehead atoms. The van der Waals surface area contributed by atoms with Crippen molar-refractivity contribution in [2.24, 2.45) is 0 Å². The first-order valence-corrected chi connectivity index (χ1v) is 9.20. The van der Waals surface area contributed by atoms with Crippen molar-refractivity contribution in [1.29, 1.82) is 0 Å². The number of hydrazine groups is 1. The fourth-order valence-electron chi connectivity index (χ4n) is 2.58. The molecule has 0 atom stereocenters. The second kappa shape index (κ2) is 7.53. The van der Waals surface area contributed by atoms with E-state index in [1.165, 1.54) is 16.3 Å². The molecule has 0 unspecified atom stereocenters. The van der Waals surface area contributed by atoms with Crippen LogP contribution in [0.15, 0.2) is 48.7 Å². The highest BCUT2D eigenvalue weighted by molar-refractivity contribution is 7.18. The van der Waals surface area contributed by atoms with Crippen LogP contribution >= 0.6 is 11.3 Å². The summed E-state index contributed by atoms with van der Waals surface area (Å²) in [6, 6.07) is 11.8. The molecule has 3 heterocycles. The molecule has 1 aliphatic heterocycles. The smallest absolute Gasteiger partial charge is 0.257 e. The molecule has 28 heavy (non-hydrogen) atoms. The van der Waals surface area contributed by atoms with Crippen molar-refractivity contribution in [2.75, 3.05) is 10.3 Å². The Morgan fingerprint density at radius 2 is 1.89 bits per heavy atom. The third-order valence-electron chi connectivity index (χ3n) is 3.97. The van der Waals surface area contributed by atoms with E-state index in [9.17, 15) is 14.4 Å². The number of amides is 3. The molecular weight excluding hydrogens is 380 g/mol. The molecule has 2 N–H and O–H groups in total. The predicted octanol–water partition coefficient (Wildman–Crippen LogP) is 2.01. The Balaban J connectivity index is 1.45. The van der Waals surface area contributed by atoms with E-state index in [0.29, 0.717) is 27.1 Å². The van der Waals surface area contributed by atoms with E-state index in [1.54, 1.807) is 36.5 Å². The molecule has 1 saturated heterocycles. The van der Waals surface area contributed by atoms with Gasteiger partial charge in [-0.05, 0) is 36.4 Å². The first-order valence-electron chi connectivity index (χ1n) is 8.39. The molecule has 4 rings (SSSR count). The number of hydrogen-bond acceptors (Lipinski definition) is 7. The average molecular weight is 394 g/mol. The third-order valence-corrected chi connectivity index (χ3v) is 4.83. The quantitative estimate of drug-likeness (QED) is 0.699. The second-order valence-corrected chi connectivity index (χ2v) is 6.87. The Morgan fingerprint density at radius 3 is 2.64 bits per heavy atom. The highest BCUT2D eigenvalue weighted by Gasteiger charge is 2.24. The summed E-state index contributed by atoms with van der Waals surface area (Å²) in [5.41, 5.74) is 4.06. The van der Waals surface area contributed by atoms with E-state index in [2.05, 4.69) is 25.9 Å². The molecule has 3 amide bonds. The molecule has 0 spiro atoms. The molecule has 1 aliphatic rings. The van der Waals surface area contributed by atoms with Gasteiger partial charge in [-0.1, -0.05) is 17.4 Å². The zero-order valence-electron chi connectivity index (χ0n) is 14.5. The molecule has 0 radical (unpaired) electrons. The van der Waals surface area contributed by atoms with Crippen LogP contribution in [0.2, 0.25) is 0 Å². The molecule has 3 aromatic rings. The van der Waals surface area contributed by atoms with Gasteiger partial charge in [0.05, 0.1) is 5.69 Å². The van der Waals surface area contributed by atoms with Crippen molar-refractivity contribution in [3.63, 3.8) is 0 Å². The number of carbonyl (C=O) groups excluding carboxylic acids is 3. The van der Waals surface area contributed by atoms with Crippen LogP contribution in [0.5, 0.6) is 0 Å². The average Bonchev–Trinajstić information content (AvgIpc) is 3.19. The zero-order valence-corrected chi connectivity index (χ0v) is 15.3. The first kappa shape index (κ1) is 17.7. The number of nitrogens with one attached hydrogen (secondary N) is 2. The SMILES string of the molecule is O=C1CCC(=O)N(c2ccc(C(=O)Nc3nnc(-c4ccccn4)s3)cc2)N1. The molecular formula is C18H14N6O3S. The Bertz CT molecular complexity index is 1030. The van der Waals surface area contributed by atoms with E-state index in [0.717, 1.165) is 0 Å². The van der Waals surface area contributed by atoms with Crippen molar-refractivity contribution in [1.82, 2.24) is 20.6 Å². The maximum atomic E-state index is 12.4. The normalized spacial score (nSPS) is 13.9. The minimum Gasteiger partial charge on any atom is -0.296 e. The highest BCUT2D eigenvalue weighted by Crippen LogP contribution is 2.25. The molecule has 1 fully saturated rings. The molecule has 10 heteroatoms. The van der Waals surface area contributed by atoms with E-state index < -0.39 is 0 Å². The number of aromatic nitrogens is 3. The summed E-state index contributed by atoms with van der Waals surface area (Å²) >= 11 is 1.22. The summed E-state index contributed by atoms with van der Waals surface area (Å²) in [7, 11) is 0. The van der Waals surface area contributed by atoms with Gasteiger partial charge in [-0.3, -0.25) is 30.1 Å². The lowest BCUT2D eigenvalue weighted by molar-refractivity contribution is -0.130. The molecule has 9 nitrogen and oxygen atoms in total. The Hall–Kier alpha value is -3.66. The van der Waals surface area contributed by atoms with Crippen LogP contribution in [0, 0.1) is 0 Å². The van der Waals surface area contributed by atoms with Gasteiger partial charge in [-0.25, -0.2) is 5.01 Å². The van der Waals surface area contributed by atoms with Gasteiger partial charge in [0.25, 0.3) is 5.91 Å². The van der Waals surface area contributed by atoms with Crippen LogP contribution in [0.1, 0.15) is 23.2 Å². The maximum Gasteiger partial charge on any atom is 0.257 e. The van der Waals surface area contributed by atoms with Gasteiger partial charge in [0.1, 0.15) is 5.69 Å². The van der Waals surface area contributed by atoms with Gasteiger partial charge in [0.15, 0.2) is 5.01 Å². The monoisotopic (exact) mass is 394 g/mol. The number of nitrogens with zero attached hydrogens (tertiary/aromatic N) is 4. The van der Waals surface area contributed by atoms with Gasteiger partial charge in [-0.15, -0.1) is 10.2 Å². The van der Waals surface area contributed by atoms with E-state index in [1.807, 2.05) is 12.1 Å². The number of carbonyl (C=O) groups is 3. The highest BCUT2D eigenvalue weighted by atomic mass is 32.1. The summed E-state index contributed by atoms with van der Waals surface area (Å²) in [5, 5.41) is 12.8. The third kappa shape index (κ3) is 3.71. The lowest BCUT2D eigenvalue weighted by atomic mass is 10.1. The van der Waals surface area contributed by atoms with Crippen molar-refractivity contribution in [2.45, 2.75) is 12.8 Å². The van der Waals surface area contributed by atoms with E-state index >= 15 is 0 Å². The summed E-state index contributed by atoms with van der Waals surface area (Å²) < 4.78 is 0. The molecule has 2 aromatic heterocycles. The Morgan fingerprint density at radius 1 is 1.07 bits per heavy atom. The minimum atomic E-state index is -0.357. The summed E-state index contributed by atoms with van der Waals surface area (Å²) in [4.78, 5) is 40.0. The van der Waals surface area contributed by atoms with Gasteiger partial charge in [0.2, 0.25) is 16.9 Å². The van der Waals surface area contributed by atoms with Crippen LogP contribution in [-0.2, 0) is 9.59 Å². The van der Waals surface area contributed by atoms with E-state index in [4.69, 9.17) is 0 Å². The Kier molecular flexibility index (Phi) is 4.77. The van der Waals surface area contributed by atoms with Crippen LogP contribution in [0.3, 0.4) is 0 Å². The molecule has 0 aliphatic carbocycles. The van der Waals surface area contributed by atoms with Gasteiger partial charge in [-0.2, -0.15) is 0 Å². The topological polar surface area (TPSA) is 117 Å². The largest absolute Gasteiger partial charge is 0.296 e. The standard InChI is InChI=1S/C18H14N6O3S/c25-14-8-9-15(26)24(23-14)12-6-4-11(5-7-12)16(27)20-18-22-21-17(28-18)13-3-1-2-10-19-13/h1-7,10H,8-9H2,(H,23,25)(H,20,22,27). The fraction of sp³-hybridized carbons (Fsp3) is 0.111. The van der Waals surface area contributed by atoms with Crippen LogP contribution in [-0.4, -0.2) is 32.9 Å². The van der Waals surface area contributed by atoms with Crippen LogP contribution < -0.4 is 15.8 Å². The van der Waals surface area contributed by atoms with Crippen molar-refractivity contribution in [3.05, 3.63) is 54.2 Å². The van der Waals surface area contributed by atoms with Crippen molar-refractivity contribution in [3.8, 4) is 10.7 Å². The van der Waals surface area contributed by atoms with Gasteiger partial charge in [0, 0.05) is 24.6 Å². The lowest BCUT2D eigenvalue weighted by Crippen LogP contribution is -2.50. The van der Waals surface area contributed by atoms with Gasteiger partial charge < -0.3 is 0 Å². The fourth-order valence-corrected chi connectivity index (χ4v) is 3.30. The Labute approximate surface area is 163 Å². The number of pyridine rings is 1. The first-order chi connectivity index (χ1) is 13.6. The van der Waals surface area contributed by atoms with Crippen molar-refractivity contribution < 1.29 is 14.4 Å². The zero-order chi connectivity index (χ0) is 19.5. The van der Waals surface area contributed by atoms with Gasteiger partial charge >= 0.3 is 0 Å². The van der Waals surface area contributed by atoms with Crippen molar-refractivity contribution >= 4 is 39.9 Å². The predicted molar refractivity (Wildman–Crippen MR) is 102 cm³/mol.